The van der Waals surface area contributed by atoms with Crippen molar-refractivity contribution in [1.29, 1.82) is 0 Å². The molecule has 2 heterocycles. The number of aromatic hydroxyl groups is 1. The van der Waals surface area contributed by atoms with Gasteiger partial charge in [-0.05, 0) is 25.1 Å². The van der Waals surface area contributed by atoms with Crippen molar-refractivity contribution in [2.75, 3.05) is 13.1 Å². The maximum Gasteiger partial charge on any atom is 0.329 e. The first-order valence-electron chi connectivity index (χ1n) is 5.79. The van der Waals surface area contributed by atoms with Gasteiger partial charge in [-0.2, -0.15) is 0 Å². The second-order valence-corrected chi connectivity index (χ2v) is 4.53. The molecule has 3 rings (SSSR count). The highest BCUT2D eigenvalue weighted by Crippen LogP contribution is 2.23. The topological polar surface area (TPSA) is 59.2 Å². The number of aryl methyl sites for hydroxylation is 1. The van der Waals surface area contributed by atoms with Crippen LogP contribution in [-0.4, -0.2) is 27.3 Å². The van der Waals surface area contributed by atoms with Crippen molar-refractivity contribution in [1.82, 2.24) is 14.5 Å². The predicted octanol–water partition coefficient (Wildman–Crippen LogP) is 0.580. The molecule has 5 heteroatoms. The van der Waals surface area contributed by atoms with Crippen molar-refractivity contribution in [3.05, 3.63) is 28.7 Å². The zero-order valence-corrected chi connectivity index (χ0v) is 9.68. The molecule has 1 saturated heterocycles. The summed E-state index contributed by atoms with van der Waals surface area (Å²) < 4.78 is 3.42. The van der Waals surface area contributed by atoms with E-state index in [1.165, 1.54) is 0 Å². The summed E-state index contributed by atoms with van der Waals surface area (Å²) in [7, 11) is 1.76. The van der Waals surface area contributed by atoms with E-state index in [1.807, 2.05) is 0 Å². The van der Waals surface area contributed by atoms with Gasteiger partial charge in [-0.15, -0.1) is 0 Å². The van der Waals surface area contributed by atoms with Crippen LogP contribution in [-0.2, 0) is 7.05 Å². The maximum atomic E-state index is 12.2. The summed E-state index contributed by atoms with van der Waals surface area (Å²) in [4.78, 5) is 12.2. The lowest BCUT2D eigenvalue weighted by atomic mass is 10.2. The molecule has 90 valence electrons. The van der Waals surface area contributed by atoms with Crippen molar-refractivity contribution < 1.29 is 5.11 Å². The van der Waals surface area contributed by atoms with Crippen molar-refractivity contribution in [2.24, 2.45) is 7.05 Å². The Kier molecular flexibility index (Phi) is 2.22. The van der Waals surface area contributed by atoms with Gasteiger partial charge in [0.05, 0.1) is 17.1 Å². The number of fused-ring (bicyclic) bond motifs is 1. The van der Waals surface area contributed by atoms with Gasteiger partial charge in [0.2, 0.25) is 0 Å². The van der Waals surface area contributed by atoms with Crippen molar-refractivity contribution >= 4 is 11.0 Å². The predicted molar refractivity (Wildman–Crippen MR) is 65.4 cm³/mol. The summed E-state index contributed by atoms with van der Waals surface area (Å²) in [5, 5.41) is 12.8. The van der Waals surface area contributed by atoms with Crippen LogP contribution in [0, 0.1) is 0 Å². The fourth-order valence-electron chi connectivity index (χ4n) is 2.57. The molecular weight excluding hydrogens is 218 g/mol. The molecular formula is C12H15N3O2. The Labute approximate surface area is 98.3 Å². The molecule has 2 N–H and O–H groups in total. The van der Waals surface area contributed by atoms with Crippen LogP contribution in [0.3, 0.4) is 0 Å². The monoisotopic (exact) mass is 233 g/mol. The number of benzene rings is 1. The molecule has 1 fully saturated rings. The molecule has 1 unspecified atom stereocenters. The van der Waals surface area contributed by atoms with E-state index in [0.29, 0.717) is 0 Å². The summed E-state index contributed by atoms with van der Waals surface area (Å²) in [5.74, 6) is 0.197. The van der Waals surface area contributed by atoms with Crippen LogP contribution in [0.2, 0.25) is 0 Å². The number of phenols is 1. The average molecular weight is 233 g/mol. The highest BCUT2D eigenvalue weighted by atomic mass is 16.3. The molecule has 0 amide bonds. The summed E-state index contributed by atoms with van der Waals surface area (Å²) in [6, 6.07) is 5.24. The van der Waals surface area contributed by atoms with Crippen LogP contribution in [0.5, 0.6) is 5.75 Å². The summed E-state index contributed by atoms with van der Waals surface area (Å²) in [6.07, 6.45) is 0.953. The summed E-state index contributed by atoms with van der Waals surface area (Å²) >= 11 is 0. The standard InChI is InChI=1S/C12H15N3O2/c1-14-10-3-2-9(16)6-11(10)15(12(14)17)8-4-5-13-7-8/h2-3,6,8,13,16H,4-5,7H2,1H3. The molecule has 1 aromatic carbocycles. The number of aromatic nitrogens is 2. The maximum absolute atomic E-state index is 12.2. The van der Waals surface area contributed by atoms with Gasteiger partial charge in [0.25, 0.3) is 0 Å². The first kappa shape index (κ1) is 10.4. The molecule has 1 atom stereocenters. The SMILES string of the molecule is Cn1c(=O)n(C2CCNC2)c2cc(O)ccc21. The van der Waals surface area contributed by atoms with Gasteiger partial charge in [0.1, 0.15) is 5.75 Å². The van der Waals surface area contributed by atoms with E-state index in [9.17, 15) is 9.90 Å². The number of phenolic OH excluding ortho intramolecular Hbond substituents is 1. The van der Waals surface area contributed by atoms with Crippen molar-refractivity contribution in [2.45, 2.75) is 12.5 Å². The first-order chi connectivity index (χ1) is 8.18. The van der Waals surface area contributed by atoms with Gasteiger partial charge in [-0.25, -0.2) is 4.79 Å². The number of nitrogens with one attached hydrogen (secondary N) is 1. The normalized spacial score (nSPS) is 20.2. The molecule has 1 aromatic heterocycles. The summed E-state index contributed by atoms with van der Waals surface area (Å²) in [5.41, 5.74) is 1.66. The molecule has 2 aromatic rings. The van der Waals surface area contributed by atoms with Crippen molar-refractivity contribution in [3.63, 3.8) is 0 Å². The minimum absolute atomic E-state index is 0.0145. The molecule has 0 saturated carbocycles. The van der Waals surface area contributed by atoms with Crippen LogP contribution in [0.25, 0.3) is 11.0 Å². The quantitative estimate of drug-likeness (QED) is 0.757. The number of hydrogen-bond donors (Lipinski definition) is 2. The Morgan fingerprint density at radius 2 is 2.24 bits per heavy atom. The number of imidazole rings is 1. The number of rotatable bonds is 1. The Hall–Kier alpha value is -1.75. The molecule has 0 bridgehead atoms. The molecule has 0 aliphatic carbocycles. The van der Waals surface area contributed by atoms with E-state index in [2.05, 4.69) is 5.32 Å². The van der Waals surface area contributed by atoms with E-state index >= 15 is 0 Å². The lowest BCUT2D eigenvalue weighted by Crippen LogP contribution is -2.27. The van der Waals surface area contributed by atoms with Crippen LogP contribution >= 0.6 is 0 Å². The van der Waals surface area contributed by atoms with E-state index in [0.717, 1.165) is 30.5 Å². The zero-order valence-electron chi connectivity index (χ0n) is 9.68. The second-order valence-electron chi connectivity index (χ2n) is 4.53. The Morgan fingerprint density at radius 3 is 2.94 bits per heavy atom. The van der Waals surface area contributed by atoms with Crippen LogP contribution in [0.1, 0.15) is 12.5 Å². The van der Waals surface area contributed by atoms with Crippen LogP contribution in [0.4, 0.5) is 0 Å². The minimum Gasteiger partial charge on any atom is -0.508 e. The highest BCUT2D eigenvalue weighted by molar-refractivity contribution is 5.77. The number of hydrogen-bond acceptors (Lipinski definition) is 3. The molecule has 1 aliphatic rings. The van der Waals surface area contributed by atoms with Gasteiger partial charge in [0, 0.05) is 19.7 Å². The van der Waals surface area contributed by atoms with E-state index in [4.69, 9.17) is 0 Å². The fourth-order valence-corrected chi connectivity index (χ4v) is 2.57. The van der Waals surface area contributed by atoms with Gasteiger partial charge >= 0.3 is 5.69 Å². The molecule has 0 spiro atoms. The molecule has 5 nitrogen and oxygen atoms in total. The third kappa shape index (κ3) is 1.46. The third-order valence-corrected chi connectivity index (χ3v) is 3.47. The Balaban J connectivity index is 2.31. The van der Waals surface area contributed by atoms with E-state index < -0.39 is 0 Å². The van der Waals surface area contributed by atoms with Gasteiger partial charge in [0.15, 0.2) is 0 Å². The fraction of sp³-hybridized carbons (Fsp3) is 0.417. The second kappa shape index (κ2) is 3.63. The lowest BCUT2D eigenvalue weighted by Gasteiger charge is -2.10. The highest BCUT2D eigenvalue weighted by Gasteiger charge is 2.22. The van der Waals surface area contributed by atoms with Crippen LogP contribution < -0.4 is 11.0 Å². The van der Waals surface area contributed by atoms with Crippen LogP contribution in [0.15, 0.2) is 23.0 Å². The molecule has 17 heavy (non-hydrogen) atoms. The number of nitrogens with zero attached hydrogens (tertiary/aromatic N) is 2. The van der Waals surface area contributed by atoms with E-state index in [1.54, 1.807) is 34.4 Å². The van der Waals surface area contributed by atoms with Gasteiger partial charge in [-0.3, -0.25) is 9.13 Å². The van der Waals surface area contributed by atoms with Crippen molar-refractivity contribution in [3.8, 4) is 5.75 Å². The molecule has 0 radical (unpaired) electrons. The Morgan fingerprint density at radius 1 is 1.41 bits per heavy atom. The van der Waals surface area contributed by atoms with Gasteiger partial charge < -0.3 is 10.4 Å². The average Bonchev–Trinajstić information content (AvgIpc) is 2.88. The smallest absolute Gasteiger partial charge is 0.329 e. The first-order valence-corrected chi connectivity index (χ1v) is 5.79. The van der Waals surface area contributed by atoms with Gasteiger partial charge in [-0.1, -0.05) is 0 Å². The lowest BCUT2D eigenvalue weighted by molar-refractivity contribution is 0.475. The Bertz CT molecular complexity index is 620. The van der Waals surface area contributed by atoms with E-state index in [-0.39, 0.29) is 17.5 Å². The molecule has 1 aliphatic heterocycles. The zero-order chi connectivity index (χ0) is 12.0. The third-order valence-electron chi connectivity index (χ3n) is 3.47. The largest absolute Gasteiger partial charge is 0.508 e. The summed E-state index contributed by atoms with van der Waals surface area (Å²) in [6.45, 7) is 1.75. The minimum atomic E-state index is -0.0145.